The van der Waals surface area contributed by atoms with E-state index in [2.05, 4.69) is 0 Å². The van der Waals surface area contributed by atoms with Crippen molar-refractivity contribution in [3.05, 3.63) is 139 Å². The van der Waals surface area contributed by atoms with E-state index < -0.39 is 60.5 Å². The standard InChI is InChI=1S/C34H24Cl4O10/c35-21-13-5-1-9-17(21)31(41)45-27-25(39)26(40)28(46-32(42)18-10-2-6-14-22(18)36)30(48-34(44)20-12-4-8-16-24(20)38)29(27)47-33(43)19-11-3-7-15-23(19)37/h1-16,25-30,39-40H/t25-,26+,27+,28-,29-,30+. The van der Waals surface area contributed by atoms with Gasteiger partial charge in [-0.3, -0.25) is 0 Å². The summed E-state index contributed by atoms with van der Waals surface area (Å²) in [5.41, 5.74) is -0.545. The zero-order valence-corrected chi connectivity index (χ0v) is 27.4. The minimum atomic E-state index is -2.08. The molecule has 2 N–H and O–H groups in total. The molecule has 0 heterocycles. The number of aliphatic hydroxyl groups is 2. The topological polar surface area (TPSA) is 146 Å². The highest BCUT2D eigenvalue weighted by Crippen LogP contribution is 2.34. The summed E-state index contributed by atoms with van der Waals surface area (Å²) in [5, 5.41) is 22.7. The van der Waals surface area contributed by atoms with Gasteiger partial charge in [0.15, 0.2) is 24.4 Å². The van der Waals surface area contributed by atoms with Crippen molar-refractivity contribution in [3.8, 4) is 0 Å². The molecule has 248 valence electrons. The Kier molecular flexibility index (Phi) is 11.3. The largest absolute Gasteiger partial charge is 0.452 e. The number of esters is 4. The molecular formula is C34H24Cl4O10. The van der Waals surface area contributed by atoms with Gasteiger partial charge in [-0.05, 0) is 48.5 Å². The molecule has 0 aromatic heterocycles. The molecule has 1 aliphatic rings. The van der Waals surface area contributed by atoms with E-state index >= 15 is 0 Å². The highest BCUT2D eigenvalue weighted by Gasteiger charge is 2.58. The van der Waals surface area contributed by atoms with Crippen LogP contribution in [-0.2, 0) is 18.9 Å². The van der Waals surface area contributed by atoms with Gasteiger partial charge in [-0.1, -0.05) is 94.9 Å². The van der Waals surface area contributed by atoms with Crippen LogP contribution in [0.25, 0.3) is 0 Å². The van der Waals surface area contributed by atoms with Crippen LogP contribution in [0.15, 0.2) is 97.1 Å². The monoisotopic (exact) mass is 732 g/mol. The van der Waals surface area contributed by atoms with Crippen molar-refractivity contribution < 1.29 is 48.3 Å². The van der Waals surface area contributed by atoms with Gasteiger partial charge < -0.3 is 29.2 Å². The summed E-state index contributed by atoms with van der Waals surface area (Å²) in [7, 11) is 0. The van der Waals surface area contributed by atoms with Crippen molar-refractivity contribution in [1.82, 2.24) is 0 Å². The predicted octanol–water partition coefficient (Wildman–Crippen LogP) is 6.24. The van der Waals surface area contributed by atoms with Gasteiger partial charge in [0.25, 0.3) is 0 Å². The fraction of sp³-hybridized carbons (Fsp3) is 0.176. The zero-order chi connectivity index (χ0) is 34.5. The summed E-state index contributed by atoms with van der Waals surface area (Å²) in [6.45, 7) is 0. The molecule has 0 radical (unpaired) electrons. The number of carbonyl (C=O) groups is 4. The summed E-state index contributed by atoms with van der Waals surface area (Å²) in [6, 6.07) is 23.3. The Hall–Kier alpha value is -4.16. The SMILES string of the molecule is O=C(O[C@@H]1[C@H](OC(=O)c2ccccc2Cl)[C@@H](OC(=O)c2ccccc2Cl)[C@H](O)[C@H](O)[C@H]1OC(=O)c1ccccc1Cl)c1ccccc1Cl. The maximum Gasteiger partial charge on any atom is 0.340 e. The third kappa shape index (κ3) is 7.60. The van der Waals surface area contributed by atoms with Gasteiger partial charge in [0, 0.05) is 0 Å². The molecule has 0 bridgehead atoms. The van der Waals surface area contributed by atoms with Gasteiger partial charge in [0.2, 0.25) is 0 Å². The number of hydrogen-bond donors (Lipinski definition) is 2. The maximum atomic E-state index is 13.5. The lowest BCUT2D eigenvalue weighted by atomic mass is 9.84. The second-order valence-electron chi connectivity index (χ2n) is 10.4. The summed E-state index contributed by atoms with van der Waals surface area (Å²) in [6.07, 6.45) is -11.9. The highest BCUT2D eigenvalue weighted by atomic mass is 35.5. The lowest BCUT2D eigenvalue weighted by molar-refractivity contribution is -0.223. The van der Waals surface area contributed by atoms with Crippen LogP contribution in [0, 0.1) is 0 Å². The van der Waals surface area contributed by atoms with Crippen molar-refractivity contribution in [3.63, 3.8) is 0 Å². The molecule has 4 aromatic rings. The number of benzene rings is 4. The minimum absolute atomic E-state index is 0.00814. The number of carbonyl (C=O) groups excluding carboxylic acids is 4. The molecule has 1 aliphatic carbocycles. The quantitative estimate of drug-likeness (QED) is 0.158. The Morgan fingerprint density at radius 2 is 0.604 bits per heavy atom. The third-order valence-corrected chi connectivity index (χ3v) is 8.66. The van der Waals surface area contributed by atoms with Crippen LogP contribution < -0.4 is 0 Å². The number of rotatable bonds is 8. The van der Waals surface area contributed by atoms with Gasteiger partial charge in [0.1, 0.15) is 12.2 Å². The molecule has 5 rings (SSSR count). The fourth-order valence-corrected chi connectivity index (χ4v) is 5.80. The molecule has 14 heteroatoms. The number of halogens is 4. The molecule has 1 saturated carbocycles. The Morgan fingerprint density at radius 1 is 0.396 bits per heavy atom. The third-order valence-electron chi connectivity index (χ3n) is 7.34. The van der Waals surface area contributed by atoms with Crippen molar-refractivity contribution >= 4 is 70.3 Å². The summed E-state index contributed by atoms with van der Waals surface area (Å²) in [5.74, 6) is -4.36. The first kappa shape index (κ1) is 35.2. The van der Waals surface area contributed by atoms with E-state index in [-0.39, 0.29) is 42.3 Å². The molecule has 6 atom stereocenters. The average Bonchev–Trinajstić information content (AvgIpc) is 3.07. The Labute approximate surface area is 293 Å². The molecule has 0 aliphatic heterocycles. The van der Waals surface area contributed by atoms with Gasteiger partial charge in [-0.15, -0.1) is 0 Å². The first-order valence-corrected chi connectivity index (χ1v) is 15.7. The molecule has 0 amide bonds. The molecule has 48 heavy (non-hydrogen) atoms. The van der Waals surface area contributed by atoms with Crippen LogP contribution in [-0.4, -0.2) is 70.7 Å². The van der Waals surface area contributed by atoms with Crippen LogP contribution in [0.3, 0.4) is 0 Å². The maximum absolute atomic E-state index is 13.5. The van der Waals surface area contributed by atoms with E-state index in [1.807, 2.05) is 0 Å². The number of ether oxygens (including phenoxy) is 4. The van der Waals surface area contributed by atoms with E-state index in [0.717, 1.165) is 0 Å². The number of aliphatic hydroxyl groups excluding tert-OH is 2. The highest BCUT2D eigenvalue weighted by molar-refractivity contribution is 6.34. The Balaban J connectivity index is 1.60. The predicted molar refractivity (Wildman–Crippen MR) is 175 cm³/mol. The van der Waals surface area contributed by atoms with E-state index in [1.165, 1.54) is 72.8 Å². The van der Waals surface area contributed by atoms with Gasteiger partial charge in [-0.25, -0.2) is 19.2 Å². The van der Waals surface area contributed by atoms with E-state index in [4.69, 9.17) is 65.4 Å². The average molecular weight is 734 g/mol. The molecule has 10 nitrogen and oxygen atoms in total. The van der Waals surface area contributed by atoms with Crippen molar-refractivity contribution in [2.24, 2.45) is 0 Å². The van der Waals surface area contributed by atoms with Crippen LogP contribution in [0.2, 0.25) is 20.1 Å². The second-order valence-corrected chi connectivity index (χ2v) is 12.0. The normalized spacial score (nSPS) is 21.9. The molecule has 1 fully saturated rings. The van der Waals surface area contributed by atoms with Crippen LogP contribution in [0.1, 0.15) is 41.4 Å². The molecule has 0 spiro atoms. The first-order valence-electron chi connectivity index (χ1n) is 14.2. The van der Waals surface area contributed by atoms with Crippen molar-refractivity contribution in [2.75, 3.05) is 0 Å². The smallest absolute Gasteiger partial charge is 0.340 e. The summed E-state index contributed by atoms with van der Waals surface area (Å²) >= 11 is 24.8. The molecule has 0 unspecified atom stereocenters. The van der Waals surface area contributed by atoms with Gasteiger partial charge in [-0.2, -0.15) is 0 Å². The molecule has 0 saturated heterocycles. The lowest BCUT2D eigenvalue weighted by Gasteiger charge is -2.45. The second kappa shape index (κ2) is 15.4. The van der Waals surface area contributed by atoms with E-state index in [1.54, 1.807) is 24.3 Å². The summed E-state index contributed by atoms with van der Waals surface area (Å²) in [4.78, 5) is 53.7. The van der Waals surface area contributed by atoms with Crippen LogP contribution in [0.4, 0.5) is 0 Å². The van der Waals surface area contributed by atoms with Gasteiger partial charge >= 0.3 is 23.9 Å². The van der Waals surface area contributed by atoms with Crippen LogP contribution in [0.5, 0.6) is 0 Å². The molecule has 4 aromatic carbocycles. The van der Waals surface area contributed by atoms with E-state index in [9.17, 15) is 29.4 Å². The Morgan fingerprint density at radius 3 is 0.833 bits per heavy atom. The Bertz CT molecular complexity index is 1720. The number of hydrogen-bond acceptors (Lipinski definition) is 10. The van der Waals surface area contributed by atoms with Gasteiger partial charge in [0.05, 0.1) is 42.3 Å². The molecular weight excluding hydrogens is 710 g/mol. The van der Waals surface area contributed by atoms with Crippen molar-refractivity contribution in [1.29, 1.82) is 0 Å². The lowest BCUT2D eigenvalue weighted by Crippen LogP contribution is -2.67. The first-order chi connectivity index (χ1) is 23.0. The zero-order valence-electron chi connectivity index (χ0n) is 24.4. The minimum Gasteiger partial charge on any atom is -0.452 e. The van der Waals surface area contributed by atoms with Crippen molar-refractivity contribution in [2.45, 2.75) is 36.6 Å². The summed E-state index contributed by atoms with van der Waals surface area (Å²) < 4.78 is 22.7. The van der Waals surface area contributed by atoms with E-state index in [0.29, 0.717) is 0 Å². The fourth-order valence-electron chi connectivity index (χ4n) is 4.95. The van der Waals surface area contributed by atoms with Crippen LogP contribution >= 0.6 is 46.4 Å².